The number of ether oxygens (including phenoxy) is 1. The number of guanidine groups is 1. The first-order valence-corrected chi connectivity index (χ1v) is 8.34. The molecule has 0 fully saturated rings. The average Bonchev–Trinajstić information content (AvgIpc) is 2.47. The fraction of sp³-hybridized carbons (Fsp3) is 0.500. The number of hydrogen-bond acceptors (Lipinski definition) is 4. The fourth-order valence-electron chi connectivity index (χ4n) is 1.57. The Bertz CT molecular complexity index is 615. The lowest BCUT2D eigenvalue weighted by Gasteiger charge is -2.24. The third-order valence-corrected chi connectivity index (χ3v) is 4.10. The van der Waals surface area contributed by atoms with Crippen molar-refractivity contribution in [2.24, 2.45) is 10.1 Å². The van der Waals surface area contributed by atoms with Crippen molar-refractivity contribution in [1.82, 2.24) is 10.6 Å². The molecule has 0 amide bonds. The number of nitrogens with zero attached hydrogens (tertiary/aromatic N) is 1. The van der Waals surface area contributed by atoms with Gasteiger partial charge in [0.1, 0.15) is 0 Å². The predicted molar refractivity (Wildman–Crippen MR) is 103 cm³/mol. The van der Waals surface area contributed by atoms with Crippen molar-refractivity contribution in [3.05, 3.63) is 29.8 Å². The van der Waals surface area contributed by atoms with E-state index in [1.54, 1.807) is 26.3 Å². The van der Waals surface area contributed by atoms with Gasteiger partial charge in [0.2, 0.25) is 10.0 Å². The van der Waals surface area contributed by atoms with Crippen molar-refractivity contribution >= 4 is 40.0 Å². The molecule has 0 aliphatic rings. The summed E-state index contributed by atoms with van der Waals surface area (Å²) in [5.74, 6) is 0.639. The fourth-order valence-corrected chi connectivity index (χ4v) is 2.09. The van der Waals surface area contributed by atoms with Gasteiger partial charge in [-0.25, -0.2) is 13.6 Å². The highest BCUT2D eigenvalue weighted by Gasteiger charge is 2.16. The summed E-state index contributed by atoms with van der Waals surface area (Å²) in [5.41, 5.74) is 0.621. The number of nitrogens with two attached hydrogens (primary N) is 1. The van der Waals surface area contributed by atoms with E-state index in [-0.39, 0.29) is 34.5 Å². The van der Waals surface area contributed by atoms with Crippen LogP contribution in [0.5, 0.6) is 0 Å². The van der Waals surface area contributed by atoms with Crippen LogP contribution in [0.25, 0.3) is 0 Å². The molecule has 23 heavy (non-hydrogen) atoms. The summed E-state index contributed by atoms with van der Waals surface area (Å²) >= 11 is 0. The lowest BCUT2D eigenvalue weighted by atomic mass is 10.1. The highest BCUT2D eigenvalue weighted by atomic mass is 127. The average molecular weight is 456 g/mol. The number of nitrogens with one attached hydrogen (secondary N) is 2. The SMILES string of the molecule is CN=C(NCc1ccc(S(N)(=O)=O)cc1)NCC(C)(C)OC.I. The Morgan fingerprint density at radius 1 is 1.26 bits per heavy atom. The maximum absolute atomic E-state index is 11.2. The summed E-state index contributed by atoms with van der Waals surface area (Å²) in [6.45, 7) is 5.06. The molecule has 4 N–H and O–H groups in total. The predicted octanol–water partition coefficient (Wildman–Crippen LogP) is 1.04. The summed E-state index contributed by atoms with van der Waals surface area (Å²) in [6.07, 6.45) is 0. The molecule has 1 aromatic carbocycles. The standard InChI is InChI=1S/C14H24N4O3S.HI/c1-14(2,21-4)10-18-13(16-3)17-9-11-5-7-12(8-6-11)22(15,19)20;/h5-8H,9-10H2,1-4H3,(H2,15,19,20)(H2,16,17,18);1H. The molecule has 0 saturated carbocycles. The largest absolute Gasteiger partial charge is 0.377 e. The van der Waals surface area contributed by atoms with Crippen LogP contribution in [-0.4, -0.2) is 40.7 Å². The smallest absolute Gasteiger partial charge is 0.238 e. The molecule has 0 unspecified atom stereocenters. The quantitative estimate of drug-likeness (QED) is 0.337. The van der Waals surface area contributed by atoms with Crippen molar-refractivity contribution in [2.75, 3.05) is 20.7 Å². The van der Waals surface area contributed by atoms with E-state index in [4.69, 9.17) is 9.88 Å². The van der Waals surface area contributed by atoms with E-state index in [2.05, 4.69) is 15.6 Å². The maximum Gasteiger partial charge on any atom is 0.238 e. The zero-order chi connectivity index (χ0) is 16.8. The van der Waals surface area contributed by atoms with Gasteiger partial charge in [-0.1, -0.05) is 12.1 Å². The third-order valence-electron chi connectivity index (χ3n) is 3.17. The Labute approximate surface area is 155 Å². The Morgan fingerprint density at radius 3 is 2.26 bits per heavy atom. The van der Waals surface area contributed by atoms with Crippen molar-refractivity contribution in [3.63, 3.8) is 0 Å². The van der Waals surface area contributed by atoms with Gasteiger partial charge in [0.05, 0.1) is 10.5 Å². The highest BCUT2D eigenvalue weighted by Crippen LogP contribution is 2.08. The Hall–Kier alpha value is -0.910. The zero-order valence-electron chi connectivity index (χ0n) is 13.8. The van der Waals surface area contributed by atoms with Gasteiger partial charge in [0, 0.05) is 27.2 Å². The third kappa shape index (κ3) is 7.95. The van der Waals surface area contributed by atoms with E-state index in [0.717, 1.165) is 5.56 Å². The van der Waals surface area contributed by atoms with Crippen molar-refractivity contribution < 1.29 is 13.2 Å². The Morgan fingerprint density at radius 2 is 1.83 bits per heavy atom. The minimum absolute atomic E-state index is 0. The molecule has 1 aromatic rings. The van der Waals surface area contributed by atoms with Gasteiger partial charge in [-0.2, -0.15) is 0 Å². The van der Waals surface area contributed by atoms with Crippen LogP contribution in [0.2, 0.25) is 0 Å². The monoisotopic (exact) mass is 456 g/mol. The van der Waals surface area contributed by atoms with Gasteiger partial charge >= 0.3 is 0 Å². The number of benzene rings is 1. The molecule has 0 aliphatic carbocycles. The van der Waals surface area contributed by atoms with Gasteiger partial charge in [0.25, 0.3) is 0 Å². The normalized spacial score (nSPS) is 12.5. The Balaban J connectivity index is 0.00000484. The number of aliphatic imine (C=N–C) groups is 1. The van der Waals surface area contributed by atoms with Crippen LogP contribution in [0.15, 0.2) is 34.2 Å². The number of sulfonamides is 1. The molecule has 0 aliphatic heterocycles. The second-order valence-corrected chi connectivity index (χ2v) is 6.99. The van der Waals surface area contributed by atoms with Crippen LogP contribution in [0.4, 0.5) is 0 Å². The molecular weight excluding hydrogens is 431 g/mol. The molecule has 9 heteroatoms. The number of primary sulfonamides is 1. The topological polar surface area (TPSA) is 106 Å². The van der Waals surface area contributed by atoms with Crippen LogP contribution >= 0.6 is 24.0 Å². The van der Waals surface area contributed by atoms with E-state index >= 15 is 0 Å². The zero-order valence-corrected chi connectivity index (χ0v) is 16.9. The van der Waals surface area contributed by atoms with Crippen molar-refractivity contribution in [2.45, 2.75) is 30.9 Å². The minimum Gasteiger partial charge on any atom is -0.377 e. The molecule has 0 saturated heterocycles. The van der Waals surface area contributed by atoms with E-state index < -0.39 is 10.0 Å². The summed E-state index contributed by atoms with van der Waals surface area (Å²) in [7, 11) is -0.316. The second-order valence-electron chi connectivity index (χ2n) is 5.43. The van der Waals surface area contributed by atoms with E-state index in [1.165, 1.54) is 12.1 Å². The molecule has 0 bridgehead atoms. The first-order valence-electron chi connectivity index (χ1n) is 6.79. The molecule has 0 radical (unpaired) electrons. The highest BCUT2D eigenvalue weighted by molar-refractivity contribution is 14.0. The number of rotatable bonds is 6. The molecule has 0 spiro atoms. The number of hydrogen-bond donors (Lipinski definition) is 3. The van der Waals surface area contributed by atoms with Gasteiger partial charge in [0.15, 0.2) is 5.96 Å². The molecule has 1 rings (SSSR count). The van der Waals surface area contributed by atoms with Gasteiger partial charge in [-0.3, -0.25) is 4.99 Å². The lowest BCUT2D eigenvalue weighted by Crippen LogP contribution is -2.45. The van der Waals surface area contributed by atoms with Gasteiger partial charge in [-0.15, -0.1) is 24.0 Å². The van der Waals surface area contributed by atoms with E-state index in [9.17, 15) is 8.42 Å². The minimum atomic E-state index is -3.65. The second kappa shape index (κ2) is 9.40. The molecule has 0 atom stereocenters. The van der Waals surface area contributed by atoms with Gasteiger partial charge in [-0.05, 0) is 31.5 Å². The van der Waals surface area contributed by atoms with Crippen LogP contribution in [0, 0.1) is 0 Å². The van der Waals surface area contributed by atoms with Gasteiger partial charge < -0.3 is 15.4 Å². The first-order chi connectivity index (χ1) is 10.2. The van der Waals surface area contributed by atoms with Crippen LogP contribution in [0.1, 0.15) is 19.4 Å². The van der Waals surface area contributed by atoms with Crippen LogP contribution < -0.4 is 15.8 Å². The lowest BCUT2D eigenvalue weighted by molar-refractivity contribution is 0.0268. The molecule has 0 aromatic heterocycles. The summed E-state index contributed by atoms with van der Waals surface area (Å²) in [5, 5.41) is 11.4. The van der Waals surface area contributed by atoms with Crippen molar-refractivity contribution in [3.8, 4) is 0 Å². The molecule has 7 nitrogen and oxygen atoms in total. The molecule has 0 heterocycles. The van der Waals surface area contributed by atoms with E-state index in [0.29, 0.717) is 19.0 Å². The summed E-state index contributed by atoms with van der Waals surface area (Å²) in [6, 6.07) is 6.38. The molecule has 132 valence electrons. The van der Waals surface area contributed by atoms with Crippen LogP contribution in [-0.2, 0) is 21.3 Å². The number of halogens is 1. The summed E-state index contributed by atoms with van der Waals surface area (Å²) in [4.78, 5) is 4.22. The number of methoxy groups -OCH3 is 1. The maximum atomic E-state index is 11.2. The molecular formula is C14H25IN4O3S. The van der Waals surface area contributed by atoms with E-state index in [1.807, 2.05) is 13.8 Å². The summed E-state index contributed by atoms with van der Waals surface area (Å²) < 4.78 is 27.7. The Kier molecular flexibility index (Phi) is 9.03. The first kappa shape index (κ1) is 22.1. The van der Waals surface area contributed by atoms with Crippen LogP contribution in [0.3, 0.4) is 0 Å². The van der Waals surface area contributed by atoms with Crippen molar-refractivity contribution in [1.29, 1.82) is 0 Å².